The average Bonchev–Trinajstić information content (AvgIpc) is 2.67. The van der Waals surface area contributed by atoms with Crippen LogP contribution in [0.3, 0.4) is 0 Å². The standard InChI is InChI=1S/C21H24FN3O2/c1-14(23)5-3-11-24-18-13-19(26-2)21(17-6-4-12-25-20(17)18)27-16-9-7-15(22)8-10-16/h4,6-10,12-14,24H,3,5,11,23H2,1-2H3. The maximum atomic E-state index is 13.2. The second-order valence-electron chi connectivity index (χ2n) is 6.46. The van der Waals surface area contributed by atoms with Crippen molar-refractivity contribution in [1.29, 1.82) is 0 Å². The van der Waals surface area contributed by atoms with Crippen molar-refractivity contribution in [2.45, 2.75) is 25.8 Å². The van der Waals surface area contributed by atoms with Crippen LogP contribution in [0, 0.1) is 5.82 Å². The highest BCUT2D eigenvalue weighted by atomic mass is 19.1. The molecule has 1 aromatic heterocycles. The largest absolute Gasteiger partial charge is 0.493 e. The van der Waals surface area contributed by atoms with Crippen LogP contribution in [0.2, 0.25) is 0 Å². The van der Waals surface area contributed by atoms with E-state index in [4.69, 9.17) is 15.2 Å². The Bertz CT molecular complexity index is 898. The van der Waals surface area contributed by atoms with E-state index >= 15 is 0 Å². The molecule has 0 radical (unpaired) electrons. The number of rotatable bonds is 8. The van der Waals surface area contributed by atoms with Crippen molar-refractivity contribution in [2.75, 3.05) is 19.0 Å². The number of hydrogen-bond acceptors (Lipinski definition) is 5. The first-order chi connectivity index (χ1) is 13.1. The highest BCUT2D eigenvalue weighted by Crippen LogP contribution is 2.41. The van der Waals surface area contributed by atoms with E-state index in [1.165, 1.54) is 12.1 Å². The molecule has 0 aliphatic rings. The van der Waals surface area contributed by atoms with Crippen LogP contribution in [0.5, 0.6) is 17.2 Å². The maximum Gasteiger partial charge on any atom is 0.178 e. The van der Waals surface area contributed by atoms with Crippen molar-refractivity contribution < 1.29 is 13.9 Å². The molecule has 1 unspecified atom stereocenters. The summed E-state index contributed by atoms with van der Waals surface area (Å²) in [6.07, 6.45) is 3.65. The van der Waals surface area contributed by atoms with Gasteiger partial charge in [-0.3, -0.25) is 4.98 Å². The lowest BCUT2D eigenvalue weighted by Crippen LogP contribution is -2.16. The number of anilines is 1. The first kappa shape index (κ1) is 18.9. The molecule has 5 nitrogen and oxygen atoms in total. The van der Waals surface area contributed by atoms with Gasteiger partial charge in [0.15, 0.2) is 11.5 Å². The highest BCUT2D eigenvalue weighted by Gasteiger charge is 2.16. The fourth-order valence-corrected chi connectivity index (χ4v) is 2.86. The fourth-order valence-electron chi connectivity index (χ4n) is 2.86. The molecule has 0 saturated heterocycles. The first-order valence-electron chi connectivity index (χ1n) is 8.97. The number of aromatic nitrogens is 1. The van der Waals surface area contributed by atoms with Gasteiger partial charge in [0.1, 0.15) is 11.6 Å². The minimum absolute atomic E-state index is 0.183. The van der Waals surface area contributed by atoms with E-state index in [1.54, 1.807) is 25.4 Å². The molecule has 27 heavy (non-hydrogen) atoms. The summed E-state index contributed by atoms with van der Waals surface area (Å²) in [4.78, 5) is 4.50. The first-order valence-corrected chi connectivity index (χ1v) is 8.97. The van der Waals surface area contributed by atoms with E-state index in [0.717, 1.165) is 36.0 Å². The summed E-state index contributed by atoms with van der Waals surface area (Å²) in [7, 11) is 1.59. The molecule has 3 aromatic rings. The van der Waals surface area contributed by atoms with Crippen LogP contribution in [0.1, 0.15) is 19.8 Å². The van der Waals surface area contributed by atoms with Gasteiger partial charge >= 0.3 is 0 Å². The van der Waals surface area contributed by atoms with Crippen LogP contribution in [0.4, 0.5) is 10.1 Å². The zero-order chi connectivity index (χ0) is 19.2. The van der Waals surface area contributed by atoms with E-state index in [2.05, 4.69) is 10.3 Å². The van der Waals surface area contributed by atoms with Gasteiger partial charge in [0.25, 0.3) is 0 Å². The number of hydrogen-bond donors (Lipinski definition) is 2. The van der Waals surface area contributed by atoms with E-state index < -0.39 is 0 Å². The zero-order valence-corrected chi connectivity index (χ0v) is 15.5. The lowest BCUT2D eigenvalue weighted by Gasteiger charge is -2.17. The second-order valence-corrected chi connectivity index (χ2v) is 6.46. The van der Waals surface area contributed by atoms with E-state index in [0.29, 0.717) is 17.2 Å². The van der Waals surface area contributed by atoms with Crippen molar-refractivity contribution >= 4 is 16.6 Å². The average molecular weight is 369 g/mol. The third kappa shape index (κ3) is 4.65. The Labute approximate surface area is 158 Å². The molecule has 0 aliphatic carbocycles. The minimum Gasteiger partial charge on any atom is -0.493 e. The monoisotopic (exact) mass is 369 g/mol. The van der Waals surface area contributed by atoms with Crippen molar-refractivity contribution in [3.8, 4) is 17.2 Å². The molecule has 1 atom stereocenters. The zero-order valence-electron chi connectivity index (χ0n) is 15.5. The van der Waals surface area contributed by atoms with Crippen LogP contribution in [-0.2, 0) is 0 Å². The Morgan fingerprint density at radius 3 is 2.70 bits per heavy atom. The van der Waals surface area contributed by atoms with E-state index in [9.17, 15) is 4.39 Å². The molecule has 1 heterocycles. The number of ether oxygens (including phenoxy) is 2. The van der Waals surface area contributed by atoms with E-state index in [1.807, 2.05) is 25.1 Å². The molecule has 0 spiro atoms. The van der Waals surface area contributed by atoms with Gasteiger partial charge in [0.05, 0.1) is 18.3 Å². The molecular weight excluding hydrogens is 345 g/mol. The summed E-state index contributed by atoms with van der Waals surface area (Å²) in [6, 6.07) is 11.7. The number of fused-ring (bicyclic) bond motifs is 1. The molecule has 3 N–H and O–H groups in total. The quantitative estimate of drug-likeness (QED) is 0.563. The molecule has 6 heteroatoms. The van der Waals surface area contributed by atoms with Crippen molar-refractivity contribution in [1.82, 2.24) is 4.98 Å². The molecule has 0 fully saturated rings. The third-order valence-electron chi connectivity index (χ3n) is 4.21. The predicted octanol–water partition coefficient (Wildman–Crippen LogP) is 4.71. The summed E-state index contributed by atoms with van der Waals surface area (Å²) in [5.74, 6) is 1.34. The third-order valence-corrected chi connectivity index (χ3v) is 4.21. The van der Waals surface area contributed by atoms with Gasteiger partial charge in [-0.05, 0) is 56.2 Å². The minimum atomic E-state index is -0.313. The van der Waals surface area contributed by atoms with Crippen LogP contribution in [0.25, 0.3) is 10.9 Å². The summed E-state index contributed by atoms with van der Waals surface area (Å²) in [6.45, 7) is 2.79. The van der Waals surface area contributed by atoms with Gasteiger partial charge in [-0.15, -0.1) is 0 Å². The Morgan fingerprint density at radius 1 is 1.22 bits per heavy atom. The van der Waals surface area contributed by atoms with Gasteiger partial charge in [-0.25, -0.2) is 4.39 Å². The van der Waals surface area contributed by atoms with Gasteiger partial charge in [0.2, 0.25) is 0 Å². The number of nitrogens with one attached hydrogen (secondary N) is 1. The van der Waals surface area contributed by atoms with Crippen molar-refractivity contribution in [3.63, 3.8) is 0 Å². The van der Waals surface area contributed by atoms with Crippen molar-refractivity contribution in [2.24, 2.45) is 5.73 Å². The van der Waals surface area contributed by atoms with Crippen LogP contribution >= 0.6 is 0 Å². The van der Waals surface area contributed by atoms with E-state index in [-0.39, 0.29) is 11.9 Å². The lowest BCUT2D eigenvalue weighted by molar-refractivity contribution is 0.381. The summed E-state index contributed by atoms with van der Waals surface area (Å²) in [5.41, 5.74) is 7.47. The van der Waals surface area contributed by atoms with Crippen LogP contribution in [0.15, 0.2) is 48.7 Å². The normalized spacial score (nSPS) is 12.0. The SMILES string of the molecule is COc1cc(NCCCC(C)N)c2ncccc2c1Oc1ccc(F)cc1. The summed E-state index contributed by atoms with van der Waals surface area (Å²) < 4.78 is 24.7. The fraction of sp³-hybridized carbons (Fsp3) is 0.286. The molecule has 0 bridgehead atoms. The molecule has 0 saturated carbocycles. The Kier molecular flexibility index (Phi) is 6.08. The number of nitrogens with two attached hydrogens (primary N) is 1. The van der Waals surface area contributed by atoms with Crippen LogP contribution in [-0.4, -0.2) is 24.7 Å². The number of nitrogens with zero attached hydrogens (tertiary/aromatic N) is 1. The van der Waals surface area contributed by atoms with Gasteiger partial charge in [-0.1, -0.05) is 0 Å². The number of methoxy groups -OCH3 is 1. The Hall–Kier alpha value is -2.86. The molecular formula is C21H24FN3O2. The Morgan fingerprint density at radius 2 is 2.00 bits per heavy atom. The highest BCUT2D eigenvalue weighted by molar-refractivity contribution is 5.97. The molecule has 3 rings (SSSR count). The van der Waals surface area contributed by atoms with Gasteiger partial charge in [-0.2, -0.15) is 0 Å². The lowest BCUT2D eigenvalue weighted by atomic mass is 10.1. The topological polar surface area (TPSA) is 69.4 Å². The molecule has 2 aromatic carbocycles. The second kappa shape index (κ2) is 8.68. The summed E-state index contributed by atoms with van der Waals surface area (Å²) in [5, 5.41) is 4.23. The molecule has 0 amide bonds. The summed E-state index contributed by atoms with van der Waals surface area (Å²) >= 11 is 0. The predicted molar refractivity (Wildman–Crippen MR) is 106 cm³/mol. The van der Waals surface area contributed by atoms with Crippen molar-refractivity contribution in [3.05, 3.63) is 54.5 Å². The number of pyridine rings is 1. The Balaban J connectivity index is 1.94. The van der Waals surface area contributed by atoms with Crippen LogP contribution < -0.4 is 20.5 Å². The maximum absolute atomic E-state index is 13.2. The number of halogens is 1. The van der Waals surface area contributed by atoms with Gasteiger partial charge in [0, 0.05) is 30.2 Å². The van der Waals surface area contributed by atoms with Gasteiger partial charge < -0.3 is 20.5 Å². The smallest absolute Gasteiger partial charge is 0.178 e. The number of benzene rings is 2. The molecule has 142 valence electrons. The molecule has 0 aliphatic heterocycles.